The van der Waals surface area contributed by atoms with Gasteiger partial charge in [0.2, 0.25) is 11.9 Å². The SMILES string of the molecule is CC(=O)Nc1ccnc(C23CN(c4ncc(F)cn4)CC2CSC(NC(=O)c2ccccc2)N3)c1. The van der Waals surface area contributed by atoms with Gasteiger partial charge in [0.05, 0.1) is 23.6 Å². The van der Waals surface area contributed by atoms with Crippen LogP contribution in [-0.4, -0.2) is 51.1 Å². The van der Waals surface area contributed by atoms with E-state index in [2.05, 4.69) is 30.9 Å². The third-order valence-electron chi connectivity index (χ3n) is 6.16. The first-order chi connectivity index (χ1) is 16.9. The number of nitrogens with one attached hydrogen (secondary N) is 3. The van der Waals surface area contributed by atoms with Crippen LogP contribution >= 0.6 is 11.8 Å². The summed E-state index contributed by atoms with van der Waals surface area (Å²) in [4.78, 5) is 39.5. The first kappa shape index (κ1) is 23.2. The van der Waals surface area contributed by atoms with E-state index in [1.165, 1.54) is 6.92 Å². The van der Waals surface area contributed by atoms with Gasteiger partial charge in [-0.1, -0.05) is 18.2 Å². The largest absolute Gasteiger partial charge is 0.338 e. The molecule has 3 atom stereocenters. The lowest BCUT2D eigenvalue weighted by Gasteiger charge is -2.43. The molecular formula is C24H24FN7O2S. The molecule has 3 N–H and O–H groups in total. The number of carbonyl (C=O) groups is 2. The first-order valence-electron chi connectivity index (χ1n) is 11.1. The molecular weight excluding hydrogens is 469 g/mol. The summed E-state index contributed by atoms with van der Waals surface area (Å²) in [5.74, 6) is 0.393. The molecule has 2 aromatic heterocycles. The number of aromatic nitrogens is 3. The number of hydrogen-bond acceptors (Lipinski definition) is 8. The lowest BCUT2D eigenvalue weighted by Crippen LogP contribution is -2.61. The molecule has 2 aliphatic rings. The summed E-state index contributed by atoms with van der Waals surface area (Å²) in [5.41, 5.74) is 0.907. The van der Waals surface area contributed by atoms with E-state index in [1.807, 2.05) is 29.2 Å². The maximum atomic E-state index is 13.4. The molecule has 0 spiro atoms. The van der Waals surface area contributed by atoms with Gasteiger partial charge in [-0.2, -0.15) is 0 Å². The molecule has 5 rings (SSSR count). The van der Waals surface area contributed by atoms with E-state index >= 15 is 0 Å². The molecule has 180 valence electrons. The van der Waals surface area contributed by atoms with Gasteiger partial charge in [-0.05, 0) is 24.3 Å². The summed E-state index contributed by atoms with van der Waals surface area (Å²) in [6.07, 6.45) is 3.96. The van der Waals surface area contributed by atoms with Gasteiger partial charge >= 0.3 is 0 Å². The van der Waals surface area contributed by atoms with Crippen LogP contribution in [0.4, 0.5) is 16.0 Å². The minimum atomic E-state index is -0.661. The maximum absolute atomic E-state index is 13.4. The molecule has 35 heavy (non-hydrogen) atoms. The van der Waals surface area contributed by atoms with E-state index in [9.17, 15) is 14.0 Å². The van der Waals surface area contributed by atoms with Gasteiger partial charge in [0.1, 0.15) is 5.50 Å². The molecule has 2 fully saturated rings. The van der Waals surface area contributed by atoms with E-state index < -0.39 is 11.4 Å². The molecule has 0 aliphatic carbocycles. The number of hydrogen-bond donors (Lipinski definition) is 3. The van der Waals surface area contributed by atoms with Crippen molar-refractivity contribution in [3.05, 3.63) is 78.1 Å². The fourth-order valence-electron chi connectivity index (χ4n) is 4.57. The summed E-state index contributed by atoms with van der Waals surface area (Å²) in [6, 6.07) is 12.6. The molecule has 0 bridgehead atoms. The minimum Gasteiger partial charge on any atom is -0.338 e. The van der Waals surface area contributed by atoms with Gasteiger partial charge in [-0.25, -0.2) is 14.4 Å². The van der Waals surface area contributed by atoms with Crippen molar-refractivity contribution in [2.75, 3.05) is 29.1 Å². The molecule has 1 aromatic carbocycles. The Morgan fingerprint density at radius 3 is 2.69 bits per heavy atom. The second-order valence-corrected chi connectivity index (χ2v) is 9.70. The van der Waals surface area contributed by atoms with Crippen molar-refractivity contribution >= 4 is 35.2 Å². The fraction of sp³-hybridized carbons (Fsp3) is 0.292. The van der Waals surface area contributed by atoms with E-state index in [0.29, 0.717) is 30.3 Å². The Bertz CT molecular complexity index is 1230. The van der Waals surface area contributed by atoms with Gasteiger partial charge in [-0.15, -0.1) is 11.8 Å². The van der Waals surface area contributed by atoms with Gasteiger partial charge in [0.15, 0.2) is 5.82 Å². The van der Waals surface area contributed by atoms with Crippen molar-refractivity contribution in [1.82, 2.24) is 25.6 Å². The van der Waals surface area contributed by atoms with Crippen LogP contribution in [0.3, 0.4) is 0 Å². The topological polar surface area (TPSA) is 112 Å². The van der Waals surface area contributed by atoms with E-state index in [4.69, 9.17) is 0 Å². The third-order valence-corrected chi connectivity index (χ3v) is 7.32. The average molecular weight is 494 g/mol. The number of thioether (sulfide) groups is 1. The summed E-state index contributed by atoms with van der Waals surface area (Å²) in [5, 5.41) is 9.50. The molecule has 2 saturated heterocycles. The molecule has 4 heterocycles. The number of halogens is 1. The zero-order valence-corrected chi connectivity index (χ0v) is 19.8. The Balaban J connectivity index is 1.46. The second-order valence-electron chi connectivity index (χ2n) is 8.56. The number of carbonyl (C=O) groups excluding carboxylic acids is 2. The van der Waals surface area contributed by atoms with Crippen LogP contribution in [0, 0.1) is 11.7 Å². The quantitative estimate of drug-likeness (QED) is 0.497. The van der Waals surface area contributed by atoms with Crippen LogP contribution < -0.4 is 20.9 Å². The highest BCUT2D eigenvalue weighted by Gasteiger charge is 2.53. The predicted molar refractivity (Wildman–Crippen MR) is 131 cm³/mol. The van der Waals surface area contributed by atoms with E-state index in [-0.39, 0.29) is 23.2 Å². The zero-order valence-electron chi connectivity index (χ0n) is 18.9. The average Bonchev–Trinajstić information content (AvgIpc) is 3.25. The Labute approximate surface area is 205 Å². The number of benzene rings is 1. The van der Waals surface area contributed by atoms with Crippen LogP contribution in [0.2, 0.25) is 0 Å². The van der Waals surface area contributed by atoms with Crippen molar-refractivity contribution in [3.63, 3.8) is 0 Å². The van der Waals surface area contributed by atoms with Crippen molar-refractivity contribution in [2.24, 2.45) is 5.92 Å². The highest BCUT2D eigenvalue weighted by Crippen LogP contribution is 2.43. The molecule has 0 saturated carbocycles. The van der Waals surface area contributed by atoms with Crippen molar-refractivity contribution in [3.8, 4) is 0 Å². The molecule has 0 radical (unpaired) electrons. The lowest BCUT2D eigenvalue weighted by molar-refractivity contribution is -0.114. The summed E-state index contributed by atoms with van der Waals surface area (Å²) in [7, 11) is 0. The number of rotatable bonds is 5. The second kappa shape index (κ2) is 9.59. The summed E-state index contributed by atoms with van der Waals surface area (Å²) >= 11 is 1.60. The minimum absolute atomic E-state index is 0.0890. The molecule has 9 nitrogen and oxygen atoms in total. The van der Waals surface area contributed by atoms with Gasteiger partial charge in [0.25, 0.3) is 5.91 Å². The summed E-state index contributed by atoms with van der Waals surface area (Å²) in [6.45, 7) is 2.53. The summed E-state index contributed by atoms with van der Waals surface area (Å²) < 4.78 is 13.4. The normalized spacial score (nSPS) is 23.4. The van der Waals surface area contributed by atoms with E-state index in [0.717, 1.165) is 23.8 Å². The Hall–Kier alpha value is -3.57. The van der Waals surface area contributed by atoms with Crippen molar-refractivity contribution < 1.29 is 14.0 Å². The van der Waals surface area contributed by atoms with Crippen LogP contribution in [-0.2, 0) is 10.3 Å². The van der Waals surface area contributed by atoms with Crippen LogP contribution in [0.1, 0.15) is 23.0 Å². The number of anilines is 2. The number of amides is 2. The first-order valence-corrected chi connectivity index (χ1v) is 12.2. The third kappa shape index (κ3) is 4.82. The number of fused-ring (bicyclic) bond motifs is 1. The van der Waals surface area contributed by atoms with E-state index in [1.54, 1.807) is 36.2 Å². The molecule has 3 unspecified atom stereocenters. The van der Waals surface area contributed by atoms with Gasteiger partial charge in [-0.3, -0.25) is 19.9 Å². The van der Waals surface area contributed by atoms with Gasteiger partial charge in [0, 0.05) is 49.1 Å². The molecule has 11 heteroatoms. The molecule has 2 aliphatic heterocycles. The number of nitrogens with zero attached hydrogens (tertiary/aromatic N) is 4. The zero-order chi connectivity index (χ0) is 24.4. The van der Waals surface area contributed by atoms with Crippen LogP contribution in [0.25, 0.3) is 0 Å². The Morgan fingerprint density at radius 1 is 1.17 bits per heavy atom. The maximum Gasteiger partial charge on any atom is 0.253 e. The molecule has 2 amide bonds. The standard InChI is InChI=1S/C24H24FN7O2S/c1-15(33)29-19-7-8-26-20(9-19)24-14-32(22-27-10-18(25)11-28-22)12-17(24)13-35-23(31-24)30-21(34)16-5-3-2-4-6-16/h2-11,17,23,31H,12-14H2,1H3,(H,30,34)(H,26,29,33). The van der Waals surface area contributed by atoms with Crippen LogP contribution in [0.5, 0.6) is 0 Å². The lowest BCUT2D eigenvalue weighted by atomic mass is 9.84. The van der Waals surface area contributed by atoms with Crippen molar-refractivity contribution in [1.29, 1.82) is 0 Å². The van der Waals surface area contributed by atoms with Crippen LogP contribution in [0.15, 0.2) is 61.1 Å². The number of pyridine rings is 1. The monoisotopic (exact) mass is 493 g/mol. The Kier molecular flexibility index (Phi) is 6.35. The van der Waals surface area contributed by atoms with Crippen molar-refractivity contribution in [2.45, 2.75) is 18.0 Å². The smallest absolute Gasteiger partial charge is 0.253 e. The predicted octanol–water partition coefficient (Wildman–Crippen LogP) is 2.35. The fourth-order valence-corrected chi connectivity index (χ4v) is 5.87. The highest BCUT2D eigenvalue weighted by molar-refractivity contribution is 7.99. The molecule has 3 aromatic rings. The van der Waals surface area contributed by atoms with Gasteiger partial charge < -0.3 is 15.5 Å². The highest BCUT2D eigenvalue weighted by atomic mass is 32.2. The Morgan fingerprint density at radius 2 is 1.94 bits per heavy atom.